The summed E-state index contributed by atoms with van der Waals surface area (Å²) in [6, 6.07) is 0. The van der Waals surface area contributed by atoms with Crippen molar-refractivity contribution in [3.8, 4) is 0 Å². The monoisotopic (exact) mass is 264 g/mol. The second-order valence-electron chi connectivity index (χ2n) is 4.31. The van der Waals surface area contributed by atoms with Gasteiger partial charge >= 0.3 is 0 Å². The van der Waals surface area contributed by atoms with Gasteiger partial charge in [0, 0.05) is 25.9 Å². The highest BCUT2D eigenvalue weighted by Gasteiger charge is 2.24. The van der Waals surface area contributed by atoms with Gasteiger partial charge in [0.25, 0.3) is 0 Å². The van der Waals surface area contributed by atoms with E-state index in [-0.39, 0.29) is 12.0 Å². The number of amides is 1. The number of nitrogens with two attached hydrogens (primary N) is 1. The van der Waals surface area contributed by atoms with Crippen molar-refractivity contribution >= 4 is 15.7 Å². The van der Waals surface area contributed by atoms with Crippen LogP contribution in [0.2, 0.25) is 0 Å². The number of nitrogens with zero attached hydrogens (tertiary/aromatic N) is 1. The van der Waals surface area contributed by atoms with Crippen LogP contribution >= 0.6 is 0 Å². The standard InChI is InChI=1S/C10H20N2O4S/c1-17(14,15)8-10(13)12-5-2-9(3-6-12)16-7-4-11/h9H,2-8,11H2,1H3. The van der Waals surface area contributed by atoms with Crippen molar-refractivity contribution in [2.75, 3.05) is 38.2 Å². The molecule has 0 aromatic rings. The zero-order valence-electron chi connectivity index (χ0n) is 10.1. The average molecular weight is 264 g/mol. The number of piperidine rings is 1. The SMILES string of the molecule is CS(=O)(=O)CC(=O)N1CCC(OCCN)CC1. The smallest absolute Gasteiger partial charge is 0.237 e. The molecule has 6 nitrogen and oxygen atoms in total. The Balaban J connectivity index is 2.34. The van der Waals surface area contributed by atoms with E-state index in [1.807, 2.05) is 0 Å². The molecule has 1 rings (SSSR count). The minimum absolute atomic E-state index is 0.140. The second kappa shape index (κ2) is 6.32. The van der Waals surface area contributed by atoms with Gasteiger partial charge < -0.3 is 15.4 Å². The first-order valence-electron chi connectivity index (χ1n) is 5.69. The second-order valence-corrected chi connectivity index (χ2v) is 6.45. The van der Waals surface area contributed by atoms with Crippen LogP contribution in [0.3, 0.4) is 0 Å². The van der Waals surface area contributed by atoms with Gasteiger partial charge in [-0.25, -0.2) is 8.42 Å². The number of likely N-dealkylation sites (tertiary alicyclic amines) is 1. The molecule has 7 heteroatoms. The molecule has 0 saturated carbocycles. The number of ether oxygens (including phenoxy) is 1. The van der Waals surface area contributed by atoms with Gasteiger partial charge in [-0.15, -0.1) is 0 Å². The third kappa shape index (κ3) is 5.47. The Labute approximate surface area is 102 Å². The molecule has 100 valence electrons. The maximum absolute atomic E-state index is 11.6. The molecule has 0 atom stereocenters. The minimum Gasteiger partial charge on any atom is -0.377 e. The molecule has 0 unspecified atom stereocenters. The molecule has 1 saturated heterocycles. The summed E-state index contributed by atoms with van der Waals surface area (Å²) in [5.74, 6) is -0.716. The predicted octanol–water partition coefficient (Wildman–Crippen LogP) is -1.00. The summed E-state index contributed by atoms with van der Waals surface area (Å²) in [5.41, 5.74) is 5.33. The van der Waals surface area contributed by atoms with E-state index >= 15 is 0 Å². The fraction of sp³-hybridized carbons (Fsp3) is 0.900. The van der Waals surface area contributed by atoms with Crippen molar-refractivity contribution in [3.05, 3.63) is 0 Å². The first-order chi connectivity index (χ1) is 7.92. The van der Waals surface area contributed by atoms with Crippen LogP contribution < -0.4 is 5.73 Å². The fourth-order valence-corrected chi connectivity index (χ4v) is 2.45. The lowest BCUT2D eigenvalue weighted by molar-refractivity contribution is -0.131. The van der Waals surface area contributed by atoms with Gasteiger partial charge in [-0.3, -0.25) is 4.79 Å². The molecule has 1 aliphatic heterocycles. The van der Waals surface area contributed by atoms with Gasteiger partial charge in [-0.1, -0.05) is 0 Å². The minimum atomic E-state index is -3.24. The highest BCUT2D eigenvalue weighted by molar-refractivity contribution is 7.91. The van der Waals surface area contributed by atoms with Crippen LogP contribution in [0, 0.1) is 0 Å². The van der Waals surface area contributed by atoms with E-state index in [0.29, 0.717) is 26.2 Å². The van der Waals surface area contributed by atoms with E-state index in [9.17, 15) is 13.2 Å². The third-order valence-corrected chi connectivity index (χ3v) is 3.42. The van der Waals surface area contributed by atoms with Crippen LogP contribution in [0.15, 0.2) is 0 Å². The molecule has 1 fully saturated rings. The van der Waals surface area contributed by atoms with Crippen LogP contribution in [-0.4, -0.2) is 63.6 Å². The van der Waals surface area contributed by atoms with E-state index < -0.39 is 15.6 Å². The lowest BCUT2D eigenvalue weighted by Gasteiger charge is -2.31. The van der Waals surface area contributed by atoms with Gasteiger partial charge in [0.2, 0.25) is 5.91 Å². The maximum atomic E-state index is 11.6. The van der Waals surface area contributed by atoms with Crippen LogP contribution in [0.1, 0.15) is 12.8 Å². The quantitative estimate of drug-likeness (QED) is 0.687. The third-order valence-electron chi connectivity index (χ3n) is 2.65. The molecule has 0 radical (unpaired) electrons. The molecule has 0 aromatic carbocycles. The van der Waals surface area contributed by atoms with Crippen molar-refractivity contribution in [2.24, 2.45) is 5.73 Å². The first kappa shape index (κ1) is 14.4. The molecular weight excluding hydrogens is 244 g/mol. The van der Waals surface area contributed by atoms with Crippen LogP contribution in [0.25, 0.3) is 0 Å². The molecule has 0 bridgehead atoms. The molecule has 0 aromatic heterocycles. The number of carbonyl (C=O) groups is 1. The average Bonchev–Trinajstić information content (AvgIpc) is 2.24. The molecule has 0 spiro atoms. The molecule has 1 heterocycles. The summed E-state index contributed by atoms with van der Waals surface area (Å²) in [6.07, 6.45) is 2.70. The lowest BCUT2D eigenvalue weighted by atomic mass is 10.1. The summed E-state index contributed by atoms with van der Waals surface area (Å²) in [6.45, 7) is 2.14. The van der Waals surface area contributed by atoms with Crippen molar-refractivity contribution in [3.63, 3.8) is 0 Å². The molecule has 1 amide bonds. The van der Waals surface area contributed by atoms with E-state index in [4.69, 9.17) is 10.5 Å². The van der Waals surface area contributed by atoms with Gasteiger partial charge in [-0.2, -0.15) is 0 Å². The highest BCUT2D eigenvalue weighted by atomic mass is 32.2. The largest absolute Gasteiger partial charge is 0.377 e. The first-order valence-corrected chi connectivity index (χ1v) is 7.75. The molecule has 1 aliphatic rings. The van der Waals surface area contributed by atoms with Crippen LogP contribution in [-0.2, 0) is 19.4 Å². The lowest BCUT2D eigenvalue weighted by Crippen LogP contribution is -2.43. The van der Waals surface area contributed by atoms with E-state index in [0.717, 1.165) is 19.1 Å². The van der Waals surface area contributed by atoms with Crippen molar-refractivity contribution < 1.29 is 17.9 Å². The number of carbonyl (C=O) groups excluding carboxylic acids is 1. The van der Waals surface area contributed by atoms with Gasteiger partial charge in [0.15, 0.2) is 9.84 Å². The highest BCUT2D eigenvalue weighted by Crippen LogP contribution is 2.13. The summed E-state index contributed by atoms with van der Waals surface area (Å²) in [5, 5.41) is 0. The van der Waals surface area contributed by atoms with E-state index in [2.05, 4.69) is 0 Å². The Kier molecular flexibility index (Phi) is 5.35. The van der Waals surface area contributed by atoms with Crippen molar-refractivity contribution in [1.29, 1.82) is 0 Å². The van der Waals surface area contributed by atoms with E-state index in [1.165, 1.54) is 0 Å². The van der Waals surface area contributed by atoms with Crippen LogP contribution in [0.4, 0.5) is 0 Å². The number of rotatable bonds is 5. The Morgan fingerprint density at radius 2 is 2.00 bits per heavy atom. The fourth-order valence-electron chi connectivity index (χ4n) is 1.82. The summed E-state index contributed by atoms with van der Waals surface area (Å²) < 4.78 is 27.5. The number of sulfone groups is 1. The number of hydrogen-bond donors (Lipinski definition) is 1. The summed E-state index contributed by atoms with van der Waals surface area (Å²) in [7, 11) is -3.24. The van der Waals surface area contributed by atoms with Gasteiger partial charge in [0.1, 0.15) is 5.75 Å². The predicted molar refractivity (Wildman–Crippen MR) is 64.3 cm³/mol. The van der Waals surface area contributed by atoms with Gasteiger partial charge in [0.05, 0.1) is 12.7 Å². The summed E-state index contributed by atoms with van der Waals surface area (Å²) >= 11 is 0. The van der Waals surface area contributed by atoms with Crippen molar-refractivity contribution in [1.82, 2.24) is 4.90 Å². The Bertz CT molecular complexity index is 347. The van der Waals surface area contributed by atoms with Gasteiger partial charge in [-0.05, 0) is 12.8 Å². The molecule has 2 N–H and O–H groups in total. The zero-order valence-corrected chi connectivity index (χ0v) is 10.9. The maximum Gasteiger partial charge on any atom is 0.237 e. The Morgan fingerprint density at radius 3 is 2.47 bits per heavy atom. The topological polar surface area (TPSA) is 89.7 Å². The normalized spacial score (nSPS) is 18.4. The molecular formula is C10H20N2O4S. The molecule has 0 aliphatic carbocycles. The Hall–Kier alpha value is -0.660. The summed E-state index contributed by atoms with van der Waals surface area (Å²) in [4.78, 5) is 13.2. The molecule has 17 heavy (non-hydrogen) atoms. The zero-order chi connectivity index (χ0) is 12.9. The number of hydrogen-bond acceptors (Lipinski definition) is 5. The Morgan fingerprint density at radius 1 is 1.41 bits per heavy atom. The van der Waals surface area contributed by atoms with Crippen molar-refractivity contribution in [2.45, 2.75) is 18.9 Å². The van der Waals surface area contributed by atoms with E-state index in [1.54, 1.807) is 4.90 Å². The van der Waals surface area contributed by atoms with Crippen LogP contribution in [0.5, 0.6) is 0 Å².